The first kappa shape index (κ1) is 17.8. The van der Waals surface area contributed by atoms with Gasteiger partial charge in [0, 0.05) is 17.0 Å². The van der Waals surface area contributed by atoms with Crippen molar-refractivity contribution in [3.63, 3.8) is 0 Å². The lowest BCUT2D eigenvalue weighted by Gasteiger charge is -2.11. The summed E-state index contributed by atoms with van der Waals surface area (Å²) in [5.74, 6) is 0.665. The zero-order chi connectivity index (χ0) is 19.8. The largest absolute Gasteiger partial charge is 0.478 e. The third-order valence-corrected chi connectivity index (χ3v) is 6.40. The molecule has 5 nitrogen and oxygen atoms in total. The van der Waals surface area contributed by atoms with Gasteiger partial charge < -0.3 is 10.4 Å². The van der Waals surface area contributed by atoms with Crippen molar-refractivity contribution in [2.24, 2.45) is 0 Å². The van der Waals surface area contributed by atoms with E-state index in [0.717, 1.165) is 40.4 Å². The number of benzene rings is 2. The molecule has 6 heteroatoms. The number of rotatable bonds is 5. The van der Waals surface area contributed by atoms with Crippen LogP contribution in [-0.4, -0.2) is 21.0 Å². The minimum absolute atomic E-state index is 0.268. The maximum absolute atomic E-state index is 11.1. The average molecular weight is 401 g/mol. The first-order valence-electron chi connectivity index (χ1n) is 9.63. The predicted octanol–water partition coefficient (Wildman–Crippen LogP) is 5.21. The van der Waals surface area contributed by atoms with Gasteiger partial charge in [0.15, 0.2) is 0 Å². The summed E-state index contributed by atoms with van der Waals surface area (Å²) in [6.07, 6.45) is 4.02. The van der Waals surface area contributed by atoms with E-state index in [1.807, 2.05) is 18.2 Å². The molecule has 0 radical (unpaired) electrons. The third-order valence-electron chi connectivity index (χ3n) is 5.21. The van der Waals surface area contributed by atoms with E-state index in [2.05, 4.69) is 17.4 Å². The van der Waals surface area contributed by atoms with E-state index in [0.29, 0.717) is 6.42 Å². The summed E-state index contributed by atoms with van der Waals surface area (Å²) in [4.78, 5) is 23.3. The number of nitrogens with one attached hydrogen (secondary N) is 1. The molecular weight excluding hydrogens is 382 g/mol. The Labute approximate surface area is 172 Å². The van der Waals surface area contributed by atoms with E-state index in [1.165, 1.54) is 22.4 Å². The van der Waals surface area contributed by atoms with Gasteiger partial charge in [0.05, 0.1) is 10.9 Å². The molecular formula is C23H19N3O2S. The van der Waals surface area contributed by atoms with Crippen molar-refractivity contribution in [3.8, 4) is 0 Å². The molecule has 1 aliphatic rings. The number of aromatic carboxylic acids is 1. The van der Waals surface area contributed by atoms with Gasteiger partial charge in [-0.1, -0.05) is 30.3 Å². The Balaban J connectivity index is 1.56. The lowest BCUT2D eigenvalue weighted by Crippen LogP contribution is -2.03. The normalized spacial score (nSPS) is 12.8. The van der Waals surface area contributed by atoms with E-state index in [1.54, 1.807) is 35.6 Å². The fourth-order valence-electron chi connectivity index (χ4n) is 3.82. The Morgan fingerprint density at radius 3 is 2.59 bits per heavy atom. The molecule has 29 heavy (non-hydrogen) atoms. The highest BCUT2D eigenvalue weighted by atomic mass is 32.1. The number of aryl methyl sites for hydroxylation is 2. The molecule has 0 atom stereocenters. The van der Waals surface area contributed by atoms with Crippen molar-refractivity contribution in [1.82, 2.24) is 9.97 Å². The highest BCUT2D eigenvalue weighted by molar-refractivity contribution is 7.19. The van der Waals surface area contributed by atoms with Gasteiger partial charge in [-0.15, -0.1) is 11.3 Å². The Kier molecular flexibility index (Phi) is 4.48. The molecule has 0 spiro atoms. The Morgan fingerprint density at radius 2 is 1.83 bits per heavy atom. The summed E-state index contributed by atoms with van der Waals surface area (Å²) in [7, 11) is 0. The van der Waals surface area contributed by atoms with Gasteiger partial charge in [-0.25, -0.2) is 14.8 Å². The number of thiophene rings is 1. The summed E-state index contributed by atoms with van der Waals surface area (Å²) >= 11 is 1.77. The zero-order valence-corrected chi connectivity index (χ0v) is 16.5. The van der Waals surface area contributed by atoms with Crippen LogP contribution in [0.5, 0.6) is 0 Å². The van der Waals surface area contributed by atoms with Crippen LogP contribution in [0.4, 0.5) is 11.5 Å². The maximum atomic E-state index is 11.1. The minimum atomic E-state index is -0.929. The molecule has 2 N–H and O–H groups in total. The van der Waals surface area contributed by atoms with Crippen LogP contribution in [0.15, 0.2) is 54.6 Å². The van der Waals surface area contributed by atoms with E-state index in [-0.39, 0.29) is 5.56 Å². The number of nitrogens with zero attached hydrogens (tertiary/aromatic N) is 2. The number of carbonyl (C=O) groups is 1. The Bertz CT molecular complexity index is 1200. The fraction of sp³-hybridized carbons (Fsp3) is 0.174. The van der Waals surface area contributed by atoms with Crippen LogP contribution in [0, 0.1) is 0 Å². The molecule has 1 aliphatic carbocycles. The van der Waals surface area contributed by atoms with Crippen molar-refractivity contribution < 1.29 is 9.90 Å². The summed E-state index contributed by atoms with van der Waals surface area (Å²) in [6.45, 7) is 0. The molecule has 2 aromatic carbocycles. The van der Waals surface area contributed by atoms with E-state index in [9.17, 15) is 4.79 Å². The Morgan fingerprint density at radius 1 is 1.03 bits per heavy atom. The van der Waals surface area contributed by atoms with E-state index in [4.69, 9.17) is 15.1 Å². The van der Waals surface area contributed by atoms with Crippen molar-refractivity contribution in [2.75, 3.05) is 5.32 Å². The fourth-order valence-corrected chi connectivity index (χ4v) is 5.10. The predicted molar refractivity (Wildman–Crippen MR) is 115 cm³/mol. The zero-order valence-electron chi connectivity index (χ0n) is 15.7. The van der Waals surface area contributed by atoms with Crippen LogP contribution in [0.3, 0.4) is 0 Å². The number of fused-ring (bicyclic) bond motifs is 3. The van der Waals surface area contributed by atoms with E-state index < -0.39 is 5.97 Å². The SMILES string of the molecule is O=C(O)c1ccc(Nc2nc(Cc3ccccc3)nc3sc4c(c23)CCC4)cc1. The second kappa shape index (κ2) is 7.29. The standard InChI is InChI=1S/C23H19N3O2S/c27-23(28)15-9-11-16(12-10-15)24-21-20-17-7-4-8-18(17)29-22(20)26-19(25-21)13-14-5-2-1-3-6-14/h1-3,5-6,9-12H,4,7-8,13H2,(H,27,28)(H,24,25,26). The molecule has 144 valence electrons. The minimum Gasteiger partial charge on any atom is -0.478 e. The van der Waals surface area contributed by atoms with Crippen molar-refractivity contribution >= 4 is 39.0 Å². The van der Waals surface area contributed by atoms with E-state index >= 15 is 0 Å². The number of anilines is 2. The lowest BCUT2D eigenvalue weighted by molar-refractivity contribution is 0.0697. The van der Waals surface area contributed by atoms with Gasteiger partial charge in [0.2, 0.25) is 0 Å². The van der Waals surface area contributed by atoms with Crippen LogP contribution in [0.1, 0.15) is 38.6 Å². The van der Waals surface area contributed by atoms with Crippen molar-refractivity contribution in [2.45, 2.75) is 25.7 Å². The smallest absolute Gasteiger partial charge is 0.335 e. The second-order valence-electron chi connectivity index (χ2n) is 7.20. The monoisotopic (exact) mass is 401 g/mol. The molecule has 0 aliphatic heterocycles. The summed E-state index contributed by atoms with van der Waals surface area (Å²) in [5.41, 5.74) is 3.62. The quantitative estimate of drug-likeness (QED) is 0.480. The molecule has 0 saturated carbocycles. The summed E-state index contributed by atoms with van der Waals surface area (Å²) in [6, 6.07) is 17.0. The highest BCUT2D eigenvalue weighted by Gasteiger charge is 2.22. The van der Waals surface area contributed by atoms with Crippen LogP contribution < -0.4 is 5.32 Å². The van der Waals surface area contributed by atoms with Gasteiger partial charge in [0.25, 0.3) is 0 Å². The third kappa shape index (κ3) is 3.47. The van der Waals surface area contributed by atoms with Gasteiger partial charge >= 0.3 is 5.97 Å². The lowest BCUT2D eigenvalue weighted by atomic mass is 10.1. The molecule has 4 aromatic rings. The number of carboxylic acids is 1. The van der Waals surface area contributed by atoms with Crippen LogP contribution in [-0.2, 0) is 19.3 Å². The molecule has 5 rings (SSSR count). The first-order valence-corrected chi connectivity index (χ1v) is 10.4. The average Bonchev–Trinajstić information content (AvgIpc) is 3.30. The topological polar surface area (TPSA) is 75.1 Å². The van der Waals surface area contributed by atoms with Crippen molar-refractivity contribution in [3.05, 3.63) is 82.0 Å². The number of hydrogen-bond acceptors (Lipinski definition) is 5. The highest BCUT2D eigenvalue weighted by Crippen LogP contribution is 2.40. The summed E-state index contributed by atoms with van der Waals surface area (Å²) in [5, 5.41) is 13.7. The number of hydrogen-bond donors (Lipinski definition) is 2. The Hall–Kier alpha value is -3.25. The maximum Gasteiger partial charge on any atom is 0.335 e. The van der Waals surface area contributed by atoms with Gasteiger partial charge in [-0.2, -0.15) is 0 Å². The molecule has 2 heterocycles. The molecule has 0 unspecified atom stereocenters. The van der Waals surface area contributed by atoms with Crippen LogP contribution in [0.25, 0.3) is 10.2 Å². The summed E-state index contributed by atoms with van der Waals surface area (Å²) < 4.78 is 0. The number of carboxylic acid groups (broad SMARTS) is 1. The van der Waals surface area contributed by atoms with Gasteiger partial charge in [-0.05, 0) is 54.7 Å². The van der Waals surface area contributed by atoms with Crippen molar-refractivity contribution in [1.29, 1.82) is 0 Å². The molecule has 0 amide bonds. The first-order chi connectivity index (χ1) is 14.2. The number of aromatic nitrogens is 2. The molecule has 2 aromatic heterocycles. The van der Waals surface area contributed by atoms with Crippen LogP contribution >= 0.6 is 11.3 Å². The van der Waals surface area contributed by atoms with Gasteiger partial charge in [-0.3, -0.25) is 0 Å². The van der Waals surface area contributed by atoms with Gasteiger partial charge in [0.1, 0.15) is 16.5 Å². The molecule has 0 fully saturated rings. The second-order valence-corrected chi connectivity index (χ2v) is 8.28. The molecule has 0 saturated heterocycles. The van der Waals surface area contributed by atoms with Crippen LogP contribution in [0.2, 0.25) is 0 Å². The molecule has 0 bridgehead atoms.